The van der Waals surface area contributed by atoms with E-state index in [1.54, 1.807) is 10.6 Å². The summed E-state index contributed by atoms with van der Waals surface area (Å²) >= 11 is 0. The number of nitrogens with two attached hydrogens (primary N) is 1. The Hall–Kier alpha value is -4.75. The van der Waals surface area contributed by atoms with Crippen LogP contribution in [0, 0.1) is 11.2 Å². The van der Waals surface area contributed by atoms with Crippen LogP contribution in [0.3, 0.4) is 0 Å². The van der Waals surface area contributed by atoms with Crippen molar-refractivity contribution >= 4 is 34.9 Å². The maximum absolute atomic E-state index is 15.5. The minimum Gasteiger partial charge on any atom is -0.382 e. The van der Waals surface area contributed by atoms with E-state index < -0.39 is 23.5 Å². The Labute approximate surface area is 224 Å². The van der Waals surface area contributed by atoms with Gasteiger partial charge in [-0.15, -0.1) is 0 Å². The Morgan fingerprint density at radius 2 is 1.88 bits per heavy atom. The molecule has 2 amide bonds. The summed E-state index contributed by atoms with van der Waals surface area (Å²) < 4.78 is 56.1. The van der Waals surface area contributed by atoms with Crippen molar-refractivity contribution in [1.82, 2.24) is 24.7 Å². The highest BCUT2D eigenvalue weighted by molar-refractivity contribution is 6.04. The summed E-state index contributed by atoms with van der Waals surface area (Å²) in [7, 11) is 0. The molecular formula is C26H22F4N8O2. The van der Waals surface area contributed by atoms with Gasteiger partial charge in [0.25, 0.3) is 5.91 Å². The number of alkyl halides is 3. The maximum Gasteiger partial charge on any atom is 0.416 e. The number of aromatic nitrogens is 4. The van der Waals surface area contributed by atoms with Gasteiger partial charge in [-0.25, -0.2) is 19.3 Å². The summed E-state index contributed by atoms with van der Waals surface area (Å²) in [5.74, 6) is -1.25. The number of benzene rings is 1. The van der Waals surface area contributed by atoms with Crippen LogP contribution in [0.25, 0.3) is 16.8 Å². The molecule has 0 aliphatic carbocycles. The van der Waals surface area contributed by atoms with Crippen molar-refractivity contribution in [3.8, 4) is 11.3 Å². The van der Waals surface area contributed by atoms with Crippen molar-refractivity contribution in [2.45, 2.75) is 19.0 Å². The quantitative estimate of drug-likeness (QED) is 0.260. The van der Waals surface area contributed by atoms with E-state index in [0.29, 0.717) is 50.0 Å². The smallest absolute Gasteiger partial charge is 0.382 e. The minimum absolute atomic E-state index is 0.0593. The third kappa shape index (κ3) is 4.25. The van der Waals surface area contributed by atoms with Gasteiger partial charge in [0, 0.05) is 49.4 Å². The highest BCUT2D eigenvalue weighted by Gasteiger charge is 2.48. The van der Waals surface area contributed by atoms with Crippen LogP contribution >= 0.6 is 0 Å². The van der Waals surface area contributed by atoms with Crippen molar-refractivity contribution in [2.24, 2.45) is 5.41 Å². The fraction of sp³-hybridized carbons (Fsp3) is 0.269. The first-order chi connectivity index (χ1) is 19.1. The number of hydrogen-bond donors (Lipinski definition) is 3. The average Bonchev–Trinajstić information content (AvgIpc) is 3.32. The SMILES string of the molecule is Nc1nccn2c(N3CCC4(CC3)CNC4=O)nc(-c3ccc(C(=O)Nc4cc(C(F)(F)F)ccn4)cc3F)c12. The molecule has 0 atom stereocenters. The number of amides is 2. The Morgan fingerprint density at radius 3 is 2.52 bits per heavy atom. The number of pyridine rings is 1. The molecule has 0 unspecified atom stereocenters. The van der Waals surface area contributed by atoms with E-state index in [4.69, 9.17) is 10.7 Å². The van der Waals surface area contributed by atoms with Gasteiger partial charge in [-0.1, -0.05) is 0 Å². The minimum atomic E-state index is -4.61. The van der Waals surface area contributed by atoms with Crippen molar-refractivity contribution in [3.05, 3.63) is 65.9 Å². The molecule has 0 bridgehead atoms. The first-order valence-electron chi connectivity index (χ1n) is 12.4. The van der Waals surface area contributed by atoms with Crippen LogP contribution in [0.15, 0.2) is 48.9 Å². The molecule has 6 rings (SSSR count). The largest absolute Gasteiger partial charge is 0.416 e. The second-order valence-corrected chi connectivity index (χ2v) is 9.82. The number of rotatable bonds is 4. The molecule has 4 N–H and O–H groups in total. The Bertz CT molecular complexity index is 1660. The topological polar surface area (TPSA) is 131 Å². The van der Waals surface area contributed by atoms with Crippen LogP contribution in [-0.4, -0.2) is 50.8 Å². The molecule has 14 heteroatoms. The summed E-state index contributed by atoms with van der Waals surface area (Å²) in [5.41, 5.74) is 5.36. The summed E-state index contributed by atoms with van der Waals surface area (Å²) in [6.07, 6.45) is 0.796. The van der Waals surface area contributed by atoms with Crippen molar-refractivity contribution in [1.29, 1.82) is 0 Å². The summed E-state index contributed by atoms with van der Waals surface area (Å²) in [4.78, 5) is 39.3. The lowest BCUT2D eigenvalue weighted by molar-refractivity contribution is -0.141. The highest BCUT2D eigenvalue weighted by Crippen LogP contribution is 2.39. The van der Waals surface area contributed by atoms with E-state index in [1.807, 2.05) is 4.90 Å². The molecule has 5 heterocycles. The number of halogens is 4. The first-order valence-corrected chi connectivity index (χ1v) is 12.4. The molecule has 10 nitrogen and oxygen atoms in total. The molecule has 206 valence electrons. The van der Waals surface area contributed by atoms with Crippen LogP contribution in [0.4, 0.5) is 35.1 Å². The Balaban J connectivity index is 1.29. The molecule has 3 aromatic heterocycles. The molecule has 2 fully saturated rings. The van der Waals surface area contributed by atoms with E-state index in [0.717, 1.165) is 18.3 Å². The number of anilines is 3. The fourth-order valence-electron chi connectivity index (χ4n) is 5.12. The van der Waals surface area contributed by atoms with Gasteiger partial charge in [0.15, 0.2) is 0 Å². The van der Waals surface area contributed by atoms with E-state index in [9.17, 15) is 22.8 Å². The summed E-state index contributed by atoms with van der Waals surface area (Å²) in [6, 6.07) is 5.12. The first kappa shape index (κ1) is 25.5. The molecule has 2 saturated heterocycles. The van der Waals surface area contributed by atoms with Gasteiger partial charge in [-0.2, -0.15) is 13.2 Å². The predicted octanol–water partition coefficient (Wildman–Crippen LogP) is 3.50. The van der Waals surface area contributed by atoms with Crippen molar-refractivity contribution in [2.75, 3.05) is 35.6 Å². The molecule has 0 radical (unpaired) electrons. The van der Waals surface area contributed by atoms with Crippen LogP contribution in [0.2, 0.25) is 0 Å². The van der Waals surface area contributed by atoms with Gasteiger partial charge in [0.05, 0.1) is 11.0 Å². The fourth-order valence-corrected chi connectivity index (χ4v) is 5.12. The maximum atomic E-state index is 15.5. The van der Waals surface area contributed by atoms with Gasteiger partial charge in [0.1, 0.15) is 28.7 Å². The van der Waals surface area contributed by atoms with Crippen LogP contribution in [-0.2, 0) is 11.0 Å². The monoisotopic (exact) mass is 554 g/mol. The van der Waals surface area contributed by atoms with Gasteiger partial charge < -0.3 is 21.3 Å². The lowest BCUT2D eigenvalue weighted by Crippen LogP contribution is -2.62. The summed E-state index contributed by atoms with van der Waals surface area (Å²) in [6.45, 7) is 1.79. The Kier molecular flexibility index (Phi) is 5.85. The van der Waals surface area contributed by atoms with Gasteiger partial charge in [0.2, 0.25) is 11.9 Å². The zero-order chi connectivity index (χ0) is 28.2. The van der Waals surface area contributed by atoms with E-state index in [-0.39, 0.29) is 39.8 Å². The number of imidazole rings is 1. The van der Waals surface area contributed by atoms with Crippen molar-refractivity contribution in [3.63, 3.8) is 0 Å². The third-order valence-corrected chi connectivity index (χ3v) is 7.45. The number of hydrogen-bond acceptors (Lipinski definition) is 7. The normalized spacial score (nSPS) is 16.6. The standard InChI is InChI=1S/C26H22F4N8O2/c27-17-11-14(22(39)35-18-12-15(3-6-32-18)26(28,29)30)1-2-16(17)19-20-21(31)33-7-10-38(20)24(36-19)37-8-4-25(5-9-37)13-34-23(25)40/h1-3,6-7,10-12H,4-5,8-9,13H2,(H2,31,33)(H,34,40)(H,32,35,39). The van der Waals surface area contributed by atoms with Gasteiger partial charge in [-0.3, -0.25) is 14.0 Å². The van der Waals surface area contributed by atoms with Crippen LogP contribution in [0.1, 0.15) is 28.8 Å². The number of nitrogen functional groups attached to an aromatic ring is 1. The lowest BCUT2D eigenvalue weighted by Gasteiger charge is -2.46. The molecule has 1 aromatic carbocycles. The molecule has 2 aliphatic heterocycles. The number of nitrogens with one attached hydrogen (secondary N) is 2. The lowest BCUT2D eigenvalue weighted by atomic mass is 9.72. The molecule has 1 spiro atoms. The molecule has 2 aliphatic rings. The highest BCUT2D eigenvalue weighted by atomic mass is 19.4. The Morgan fingerprint density at radius 1 is 1.10 bits per heavy atom. The molecule has 4 aromatic rings. The second-order valence-electron chi connectivity index (χ2n) is 9.82. The third-order valence-electron chi connectivity index (χ3n) is 7.45. The molecule has 0 saturated carbocycles. The van der Waals surface area contributed by atoms with Gasteiger partial charge in [-0.05, 0) is 43.2 Å². The zero-order valence-corrected chi connectivity index (χ0v) is 20.8. The van der Waals surface area contributed by atoms with E-state index in [1.165, 1.54) is 18.3 Å². The zero-order valence-electron chi connectivity index (χ0n) is 20.8. The number of piperidine rings is 1. The number of fused-ring (bicyclic) bond motifs is 1. The van der Waals surface area contributed by atoms with E-state index >= 15 is 4.39 Å². The number of β-lactam (4-membered cyclic amide) rings is 1. The van der Waals surface area contributed by atoms with Crippen molar-refractivity contribution < 1.29 is 27.2 Å². The molecular weight excluding hydrogens is 532 g/mol. The summed E-state index contributed by atoms with van der Waals surface area (Å²) in [5, 5.41) is 5.07. The molecule has 40 heavy (non-hydrogen) atoms. The van der Waals surface area contributed by atoms with Crippen LogP contribution in [0.5, 0.6) is 0 Å². The number of carbonyl (C=O) groups excluding carboxylic acids is 2. The number of carbonyl (C=O) groups is 2. The van der Waals surface area contributed by atoms with Gasteiger partial charge >= 0.3 is 6.18 Å². The number of nitrogens with zero attached hydrogens (tertiary/aromatic N) is 5. The average molecular weight is 555 g/mol. The predicted molar refractivity (Wildman–Crippen MR) is 137 cm³/mol. The van der Waals surface area contributed by atoms with E-state index in [2.05, 4.69) is 20.6 Å². The second kappa shape index (κ2) is 9.17. The van der Waals surface area contributed by atoms with Crippen LogP contribution < -0.4 is 21.3 Å².